The van der Waals surface area contributed by atoms with Gasteiger partial charge in [0.05, 0.1) is 7.11 Å². The predicted octanol–water partition coefficient (Wildman–Crippen LogP) is 3.33. The van der Waals surface area contributed by atoms with Gasteiger partial charge in [-0.05, 0) is 37.1 Å². The summed E-state index contributed by atoms with van der Waals surface area (Å²) in [7, 11) is 1.63. The van der Waals surface area contributed by atoms with Gasteiger partial charge in [0.25, 0.3) is 0 Å². The van der Waals surface area contributed by atoms with Gasteiger partial charge < -0.3 is 21.1 Å². The molecule has 1 aromatic carbocycles. The molecule has 130 valence electrons. The summed E-state index contributed by atoms with van der Waals surface area (Å²) >= 11 is 0. The molecule has 0 saturated heterocycles. The number of hydrogen-bond donors (Lipinski definition) is 3. The summed E-state index contributed by atoms with van der Waals surface area (Å²) < 4.78 is 5.17. The molecule has 0 bridgehead atoms. The molecule has 4 N–H and O–H groups in total. The standard InChI is InChI=1S/C17H23N5O.HI/c1-23-15-8-6-7-14(13-15)22-17(18)21-12-5-4-11-20-16-9-2-3-10-19-16;/h2-3,6-10,13H,4-5,11-12H2,1H3,(H,19,20)(H3,18,21,22);1H. The first-order chi connectivity index (χ1) is 11.3. The van der Waals surface area contributed by atoms with Crippen molar-refractivity contribution in [3.63, 3.8) is 0 Å². The van der Waals surface area contributed by atoms with E-state index in [9.17, 15) is 0 Å². The molecule has 0 unspecified atom stereocenters. The number of aliphatic imine (C=N–C) groups is 1. The maximum absolute atomic E-state index is 5.88. The van der Waals surface area contributed by atoms with Crippen molar-refractivity contribution in [1.29, 1.82) is 0 Å². The van der Waals surface area contributed by atoms with Gasteiger partial charge in [-0.1, -0.05) is 12.1 Å². The van der Waals surface area contributed by atoms with Crippen LogP contribution >= 0.6 is 24.0 Å². The summed E-state index contributed by atoms with van der Waals surface area (Å²) in [6.45, 7) is 1.56. The van der Waals surface area contributed by atoms with Gasteiger partial charge in [-0.3, -0.25) is 4.99 Å². The Bertz CT molecular complexity index is 621. The van der Waals surface area contributed by atoms with Gasteiger partial charge >= 0.3 is 0 Å². The van der Waals surface area contributed by atoms with Gasteiger partial charge in [-0.2, -0.15) is 0 Å². The van der Waals surface area contributed by atoms with Gasteiger partial charge in [-0.15, -0.1) is 24.0 Å². The van der Waals surface area contributed by atoms with Crippen LogP contribution < -0.4 is 21.1 Å². The molecule has 0 saturated carbocycles. The van der Waals surface area contributed by atoms with Crippen LogP contribution in [0.15, 0.2) is 53.7 Å². The number of nitrogens with one attached hydrogen (secondary N) is 2. The van der Waals surface area contributed by atoms with E-state index in [1.807, 2.05) is 42.5 Å². The summed E-state index contributed by atoms with van der Waals surface area (Å²) in [5, 5.41) is 6.32. The molecular formula is C17H24IN5O. The van der Waals surface area contributed by atoms with Crippen LogP contribution in [0.1, 0.15) is 12.8 Å². The number of guanidine groups is 1. The average Bonchev–Trinajstić information content (AvgIpc) is 2.59. The van der Waals surface area contributed by atoms with Gasteiger partial charge in [0.1, 0.15) is 11.6 Å². The SMILES string of the molecule is COc1cccc(NC(N)=NCCCCNc2ccccn2)c1.I. The summed E-state index contributed by atoms with van der Waals surface area (Å²) in [5.74, 6) is 2.09. The fourth-order valence-corrected chi connectivity index (χ4v) is 2.01. The second-order valence-electron chi connectivity index (χ2n) is 4.97. The van der Waals surface area contributed by atoms with Gasteiger partial charge in [0.15, 0.2) is 5.96 Å². The molecule has 2 aromatic rings. The molecule has 0 amide bonds. The van der Waals surface area contributed by atoms with Crippen LogP contribution in [0.5, 0.6) is 5.75 Å². The highest BCUT2D eigenvalue weighted by atomic mass is 127. The first-order valence-corrected chi connectivity index (χ1v) is 7.64. The third kappa shape index (κ3) is 7.49. The minimum atomic E-state index is 0. The molecule has 0 radical (unpaired) electrons. The Morgan fingerprint density at radius 2 is 2.08 bits per heavy atom. The van der Waals surface area contributed by atoms with E-state index in [-0.39, 0.29) is 24.0 Å². The van der Waals surface area contributed by atoms with Gasteiger partial charge in [0, 0.05) is 31.0 Å². The monoisotopic (exact) mass is 441 g/mol. The molecule has 1 heterocycles. The Morgan fingerprint density at radius 3 is 2.83 bits per heavy atom. The average molecular weight is 441 g/mol. The number of anilines is 2. The Hall–Kier alpha value is -2.03. The molecule has 0 atom stereocenters. The third-order valence-corrected chi connectivity index (χ3v) is 3.18. The molecule has 0 spiro atoms. The molecular weight excluding hydrogens is 417 g/mol. The predicted molar refractivity (Wildman–Crippen MR) is 110 cm³/mol. The van der Waals surface area contributed by atoms with E-state index in [0.29, 0.717) is 12.5 Å². The lowest BCUT2D eigenvalue weighted by atomic mass is 10.3. The van der Waals surface area contributed by atoms with Gasteiger partial charge in [-0.25, -0.2) is 4.98 Å². The van der Waals surface area contributed by atoms with Crippen LogP contribution in [0.2, 0.25) is 0 Å². The number of rotatable bonds is 8. The Labute approximate surface area is 159 Å². The topological polar surface area (TPSA) is 84.6 Å². The molecule has 0 aliphatic rings. The molecule has 0 aliphatic carbocycles. The molecule has 0 fully saturated rings. The summed E-state index contributed by atoms with van der Waals surface area (Å²) in [6, 6.07) is 13.4. The van der Waals surface area contributed by atoms with Crippen molar-refractivity contribution in [1.82, 2.24) is 4.98 Å². The van der Waals surface area contributed by atoms with Crippen molar-refractivity contribution >= 4 is 41.4 Å². The normalized spacial score (nSPS) is 10.6. The van der Waals surface area contributed by atoms with E-state index in [1.54, 1.807) is 13.3 Å². The zero-order valence-corrected chi connectivity index (χ0v) is 16.1. The Balaban J connectivity index is 0.00000288. The van der Waals surface area contributed by atoms with Crippen LogP contribution in [0, 0.1) is 0 Å². The number of halogens is 1. The fraction of sp³-hybridized carbons (Fsp3) is 0.294. The van der Waals surface area contributed by atoms with Gasteiger partial charge in [0.2, 0.25) is 0 Å². The van der Waals surface area contributed by atoms with Crippen molar-refractivity contribution in [2.45, 2.75) is 12.8 Å². The Kier molecular flexibility index (Phi) is 9.59. The first-order valence-electron chi connectivity index (χ1n) is 7.64. The zero-order valence-electron chi connectivity index (χ0n) is 13.7. The molecule has 7 heteroatoms. The van der Waals surface area contributed by atoms with Crippen molar-refractivity contribution < 1.29 is 4.74 Å². The lowest BCUT2D eigenvalue weighted by molar-refractivity contribution is 0.415. The quantitative estimate of drug-likeness (QED) is 0.253. The minimum absolute atomic E-state index is 0. The number of benzene rings is 1. The van der Waals surface area contributed by atoms with Crippen LogP contribution in [-0.4, -0.2) is 31.1 Å². The third-order valence-electron chi connectivity index (χ3n) is 3.18. The molecule has 0 aliphatic heterocycles. The van der Waals surface area contributed by atoms with Crippen LogP contribution in [-0.2, 0) is 0 Å². The number of unbranched alkanes of at least 4 members (excludes halogenated alkanes) is 1. The van der Waals surface area contributed by atoms with Crippen molar-refractivity contribution in [2.75, 3.05) is 30.8 Å². The summed E-state index contributed by atoms with van der Waals surface area (Å²) in [4.78, 5) is 8.53. The zero-order chi connectivity index (χ0) is 16.3. The Morgan fingerprint density at radius 1 is 1.21 bits per heavy atom. The number of pyridine rings is 1. The maximum Gasteiger partial charge on any atom is 0.193 e. The second kappa shape index (κ2) is 11.5. The largest absolute Gasteiger partial charge is 0.497 e. The smallest absolute Gasteiger partial charge is 0.193 e. The number of ether oxygens (including phenoxy) is 1. The highest BCUT2D eigenvalue weighted by Crippen LogP contribution is 2.16. The summed E-state index contributed by atoms with van der Waals surface area (Å²) in [6.07, 6.45) is 3.74. The highest BCUT2D eigenvalue weighted by Gasteiger charge is 1.97. The first kappa shape index (κ1) is 20.0. The lowest BCUT2D eigenvalue weighted by Crippen LogP contribution is -2.22. The van der Waals surface area contributed by atoms with Crippen molar-refractivity contribution in [3.8, 4) is 5.75 Å². The highest BCUT2D eigenvalue weighted by molar-refractivity contribution is 14.0. The van der Waals surface area contributed by atoms with Crippen molar-refractivity contribution in [3.05, 3.63) is 48.7 Å². The lowest BCUT2D eigenvalue weighted by Gasteiger charge is -2.07. The van der Waals surface area contributed by atoms with E-state index in [0.717, 1.165) is 36.6 Å². The number of methoxy groups -OCH3 is 1. The van der Waals surface area contributed by atoms with E-state index in [2.05, 4.69) is 20.6 Å². The fourth-order valence-electron chi connectivity index (χ4n) is 2.01. The van der Waals surface area contributed by atoms with Crippen LogP contribution in [0.3, 0.4) is 0 Å². The van der Waals surface area contributed by atoms with Crippen molar-refractivity contribution in [2.24, 2.45) is 10.7 Å². The maximum atomic E-state index is 5.88. The molecule has 24 heavy (non-hydrogen) atoms. The molecule has 2 rings (SSSR count). The van der Waals surface area contributed by atoms with E-state index in [4.69, 9.17) is 10.5 Å². The second-order valence-corrected chi connectivity index (χ2v) is 4.97. The molecule has 1 aromatic heterocycles. The summed E-state index contributed by atoms with van der Waals surface area (Å²) in [5.41, 5.74) is 6.74. The van der Waals surface area contributed by atoms with Crippen LogP contribution in [0.4, 0.5) is 11.5 Å². The van der Waals surface area contributed by atoms with E-state index >= 15 is 0 Å². The van der Waals surface area contributed by atoms with E-state index in [1.165, 1.54) is 0 Å². The molecule has 6 nitrogen and oxygen atoms in total. The number of nitrogens with zero attached hydrogens (tertiary/aromatic N) is 2. The minimum Gasteiger partial charge on any atom is -0.497 e. The number of hydrogen-bond acceptors (Lipinski definition) is 4. The number of aromatic nitrogens is 1. The van der Waals surface area contributed by atoms with Crippen LogP contribution in [0.25, 0.3) is 0 Å². The van der Waals surface area contributed by atoms with E-state index < -0.39 is 0 Å². The number of nitrogens with two attached hydrogens (primary N) is 1.